The Morgan fingerprint density at radius 1 is 1.24 bits per heavy atom. The lowest BCUT2D eigenvalue weighted by Crippen LogP contribution is -2.33. The lowest BCUT2D eigenvalue weighted by molar-refractivity contribution is -0.863. The number of nitrogens with zero attached hydrogens (tertiary/aromatic N) is 3. The van der Waals surface area contributed by atoms with Crippen LogP contribution in [0.25, 0.3) is 22.3 Å². The number of halogens is 1. The summed E-state index contributed by atoms with van der Waals surface area (Å²) in [7, 11) is 0. The molecule has 2 aromatic heterocycles. The Balaban J connectivity index is 1.68. The molecule has 0 radical (unpaired) electrons. The van der Waals surface area contributed by atoms with Crippen molar-refractivity contribution in [1.82, 2.24) is 9.55 Å². The number of aromatic nitrogens is 2. The molecule has 1 aliphatic carbocycles. The number of aliphatic hydroxyl groups is 1. The second-order valence-corrected chi connectivity index (χ2v) is 7.91. The van der Waals surface area contributed by atoms with E-state index in [-0.39, 0.29) is 34.0 Å². The number of pyridine rings is 2. The molecule has 7 nitrogen and oxygen atoms in total. The average molecular weight is 394 g/mol. The van der Waals surface area contributed by atoms with Gasteiger partial charge in [0.1, 0.15) is 5.82 Å². The van der Waals surface area contributed by atoms with Crippen molar-refractivity contribution in [3.8, 4) is 11.4 Å². The number of rotatable bonds is 0. The van der Waals surface area contributed by atoms with Gasteiger partial charge in [0.2, 0.25) is 0 Å². The fourth-order valence-electron chi connectivity index (χ4n) is 5.01. The summed E-state index contributed by atoms with van der Waals surface area (Å²) in [4.78, 5) is 34.4. The molecule has 0 saturated heterocycles. The van der Waals surface area contributed by atoms with E-state index in [1.807, 2.05) is 0 Å². The van der Waals surface area contributed by atoms with E-state index in [4.69, 9.17) is 9.82 Å². The third-order valence-electron chi connectivity index (χ3n) is 6.48. The van der Waals surface area contributed by atoms with Crippen LogP contribution in [0.5, 0.6) is 0 Å². The maximum atomic E-state index is 14.5. The lowest BCUT2D eigenvalue weighted by Gasteiger charge is -2.21. The molecule has 3 aliphatic rings. The Labute approximate surface area is 163 Å². The highest BCUT2D eigenvalue weighted by Crippen LogP contribution is 2.41. The lowest BCUT2D eigenvalue weighted by atomic mass is 9.85. The van der Waals surface area contributed by atoms with Gasteiger partial charge in [0, 0.05) is 17.0 Å². The van der Waals surface area contributed by atoms with E-state index in [1.54, 1.807) is 17.6 Å². The summed E-state index contributed by atoms with van der Waals surface area (Å²) in [6.45, 7) is 2.00. The van der Waals surface area contributed by atoms with Gasteiger partial charge < -0.3 is 9.67 Å². The molecule has 0 saturated carbocycles. The minimum absolute atomic E-state index is 0.0940. The quantitative estimate of drug-likeness (QED) is 0.496. The fourth-order valence-corrected chi connectivity index (χ4v) is 5.01. The molecule has 0 fully saturated rings. The number of hydrogen-bond donors (Lipinski definition) is 1. The molecule has 0 amide bonds. The van der Waals surface area contributed by atoms with Crippen molar-refractivity contribution in [3.63, 3.8) is 0 Å². The van der Waals surface area contributed by atoms with Crippen LogP contribution in [0.1, 0.15) is 46.0 Å². The monoisotopic (exact) mass is 394 g/mol. The average Bonchev–Trinajstić information content (AvgIpc) is 3.08. The van der Waals surface area contributed by atoms with E-state index in [1.165, 1.54) is 6.07 Å². The molecule has 6 rings (SSSR count). The molecule has 3 aromatic rings. The Kier molecular flexibility index (Phi) is 3.17. The number of hydrogen-bond acceptors (Lipinski definition) is 5. The predicted molar refractivity (Wildman–Crippen MR) is 101 cm³/mol. The highest BCUT2D eigenvalue weighted by molar-refractivity contribution is 5.92. The fraction of sp³-hybridized carbons (Fsp3) is 0.333. The van der Waals surface area contributed by atoms with Crippen LogP contribution < -0.4 is 5.56 Å². The van der Waals surface area contributed by atoms with Crippen LogP contribution in [0, 0.1) is 17.6 Å². The molecular weight excluding hydrogens is 377 g/mol. The van der Waals surface area contributed by atoms with Gasteiger partial charge in [-0.15, -0.1) is 0 Å². The van der Waals surface area contributed by atoms with Crippen LogP contribution in [-0.2, 0) is 30.8 Å². The van der Waals surface area contributed by atoms with Gasteiger partial charge in [-0.1, -0.05) is 0 Å². The number of aliphatic hydroxyl groups excluding tert-OH is 1. The van der Waals surface area contributed by atoms with Crippen LogP contribution in [0.2, 0.25) is 0 Å². The van der Waals surface area contributed by atoms with Crippen molar-refractivity contribution >= 4 is 10.9 Å². The number of benzene rings is 1. The van der Waals surface area contributed by atoms with Crippen LogP contribution in [0.4, 0.5) is 4.39 Å². The summed E-state index contributed by atoms with van der Waals surface area (Å²) >= 11 is 0. The van der Waals surface area contributed by atoms with Crippen molar-refractivity contribution in [1.29, 1.82) is 0 Å². The zero-order valence-electron chi connectivity index (χ0n) is 15.7. The highest BCUT2D eigenvalue weighted by atomic mass is 19.1. The molecule has 1 unspecified atom stereocenters. The summed E-state index contributed by atoms with van der Waals surface area (Å²) in [5, 5.41) is 11.2. The summed E-state index contributed by atoms with van der Waals surface area (Å²) in [5.41, 5.74) is 5.74. The van der Waals surface area contributed by atoms with Gasteiger partial charge in [-0.2, -0.15) is 0 Å². The molecule has 146 valence electrons. The zero-order chi connectivity index (χ0) is 20.0. The molecule has 4 heterocycles. The zero-order valence-corrected chi connectivity index (χ0v) is 15.7. The molecule has 1 N–H and O–H groups in total. The molecule has 0 bridgehead atoms. The summed E-state index contributed by atoms with van der Waals surface area (Å²) in [6, 6.07) is 3.10. The summed E-state index contributed by atoms with van der Waals surface area (Å²) in [6.07, 6.45) is 1.02. The smallest absolute Gasteiger partial charge is 0.326 e. The Bertz CT molecular complexity index is 1340. The summed E-state index contributed by atoms with van der Waals surface area (Å²) in [5.74, 6) is -0.275. The minimum atomic E-state index is -1.56. The van der Waals surface area contributed by atoms with Gasteiger partial charge >= 0.3 is 6.23 Å². The van der Waals surface area contributed by atoms with E-state index in [9.17, 15) is 19.2 Å². The molecular formula is C21H17FN3O4+. The Morgan fingerprint density at radius 2 is 2.03 bits per heavy atom. The SMILES string of the molecule is Cc1c(F)cc2nc3c(c4c2c1CCC4)Cn1c-3cc2c(c1=O)CO[N+](=O)C2O. The van der Waals surface area contributed by atoms with Gasteiger partial charge in [0.25, 0.3) is 10.5 Å². The minimum Gasteiger partial charge on any atom is -0.326 e. The molecule has 0 spiro atoms. The van der Waals surface area contributed by atoms with Crippen molar-refractivity contribution in [2.75, 3.05) is 0 Å². The third-order valence-corrected chi connectivity index (χ3v) is 6.48. The van der Waals surface area contributed by atoms with Gasteiger partial charge in [-0.3, -0.25) is 4.79 Å². The van der Waals surface area contributed by atoms with Gasteiger partial charge in [-0.25, -0.2) is 14.2 Å². The molecule has 1 atom stereocenters. The topological polar surface area (TPSA) is 84.4 Å². The van der Waals surface area contributed by atoms with Crippen LogP contribution in [0.3, 0.4) is 0 Å². The van der Waals surface area contributed by atoms with Gasteiger partial charge in [-0.05, 0) is 48.9 Å². The van der Waals surface area contributed by atoms with E-state index in [2.05, 4.69) is 0 Å². The molecule has 29 heavy (non-hydrogen) atoms. The second kappa shape index (κ2) is 5.48. The van der Waals surface area contributed by atoms with E-state index < -0.39 is 6.23 Å². The van der Waals surface area contributed by atoms with Crippen molar-refractivity contribution in [2.45, 2.75) is 45.6 Å². The van der Waals surface area contributed by atoms with Gasteiger partial charge in [0.15, 0.2) is 6.61 Å². The maximum absolute atomic E-state index is 14.5. The molecule has 1 aromatic carbocycles. The van der Waals surface area contributed by atoms with Crippen LogP contribution >= 0.6 is 0 Å². The van der Waals surface area contributed by atoms with E-state index >= 15 is 0 Å². The number of aryl methyl sites for hydroxylation is 2. The second-order valence-electron chi connectivity index (χ2n) is 7.91. The maximum Gasteiger partial charge on any atom is 0.384 e. The number of fused-ring (bicyclic) bond motifs is 5. The molecule has 8 heteroatoms. The van der Waals surface area contributed by atoms with E-state index in [0.29, 0.717) is 29.0 Å². The Hall–Kier alpha value is -3.13. The Morgan fingerprint density at radius 3 is 2.86 bits per heavy atom. The highest BCUT2D eigenvalue weighted by Gasteiger charge is 2.40. The van der Waals surface area contributed by atoms with Crippen LogP contribution in [-0.4, -0.2) is 19.6 Å². The largest absolute Gasteiger partial charge is 0.384 e. The standard InChI is InChI=1S/C21H17FN3O4/c1-9-10-3-2-4-11-13-7-24-17(19(13)23-16(18(10)11)6-15(9)22)5-12-14(20(24)26)8-29-25(28)21(12)27/h5-6,21,27H,2-4,7-8H2,1H3/q+1. The van der Waals surface area contributed by atoms with Crippen molar-refractivity contribution in [2.24, 2.45) is 0 Å². The normalized spacial score (nSPS) is 19.0. The van der Waals surface area contributed by atoms with Crippen molar-refractivity contribution < 1.29 is 19.3 Å². The first-order valence-corrected chi connectivity index (χ1v) is 9.63. The first kappa shape index (κ1) is 16.8. The summed E-state index contributed by atoms with van der Waals surface area (Å²) < 4.78 is 16.1. The first-order valence-electron chi connectivity index (χ1n) is 9.63. The third kappa shape index (κ3) is 2.04. The first-order chi connectivity index (χ1) is 14.0. The van der Waals surface area contributed by atoms with Gasteiger partial charge in [0.05, 0.1) is 39.5 Å². The molecule has 2 aliphatic heterocycles. The van der Waals surface area contributed by atoms with E-state index in [0.717, 1.165) is 41.3 Å². The van der Waals surface area contributed by atoms with Crippen molar-refractivity contribution in [3.05, 3.63) is 66.6 Å². The predicted octanol–water partition coefficient (Wildman–Crippen LogP) is 2.58. The van der Waals surface area contributed by atoms with Crippen LogP contribution in [0.15, 0.2) is 16.9 Å².